The first-order valence-corrected chi connectivity index (χ1v) is 6.71. The van der Waals surface area contributed by atoms with E-state index in [-0.39, 0.29) is 18.3 Å². The molecule has 4 heteroatoms. The molecule has 2 unspecified atom stereocenters. The van der Waals surface area contributed by atoms with Gasteiger partial charge < -0.3 is 10.6 Å². The van der Waals surface area contributed by atoms with Gasteiger partial charge >= 0.3 is 0 Å². The van der Waals surface area contributed by atoms with E-state index in [1.807, 2.05) is 0 Å². The highest BCUT2D eigenvalue weighted by Gasteiger charge is 2.28. The van der Waals surface area contributed by atoms with Crippen molar-refractivity contribution in [3.05, 3.63) is 0 Å². The van der Waals surface area contributed by atoms with Crippen molar-refractivity contribution < 1.29 is 4.79 Å². The van der Waals surface area contributed by atoms with Crippen molar-refractivity contribution in [2.45, 2.75) is 58.4 Å². The summed E-state index contributed by atoms with van der Waals surface area (Å²) in [7, 11) is 0. The molecular weight excluding hydrogens is 236 g/mol. The van der Waals surface area contributed by atoms with Crippen LogP contribution in [0.2, 0.25) is 0 Å². The van der Waals surface area contributed by atoms with Crippen molar-refractivity contribution in [2.75, 3.05) is 13.1 Å². The summed E-state index contributed by atoms with van der Waals surface area (Å²) in [5.41, 5.74) is 5.62. The molecule has 0 aromatic carbocycles. The lowest BCUT2D eigenvalue weighted by molar-refractivity contribution is -0.139. The average Bonchev–Trinajstić information content (AvgIpc) is 2.29. The maximum absolute atomic E-state index is 12.3. The second-order valence-electron chi connectivity index (χ2n) is 4.95. The Morgan fingerprint density at radius 1 is 1.47 bits per heavy atom. The summed E-state index contributed by atoms with van der Waals surface area (Å²) >= 11 is 0. The number of carbonyl (C=O) groups excluding carboxylic acids is 1. The van der Waals surface area contributed by atoms with Crippen LogP contribution in [0.3, 0.4) is 0 Å². The lowest BCUT2D eigenvalue weighted by Gasteiger charge is -2.37. The monoisotopic (exact) mass is 262 g/mol. The number of carbonyl (C=O) groups is 1. The highest BCUT2D eigenvalue weighted by molar-refractivity contribution is 5.85. The SMILES string of the molecule is CCCC(C)C(=O)N1CCCCC1CCN.Cl. The second-order valence-corrected chi connectivity index (χ2v) is 4.95. The number of rotatable bonds is 5. The van der Waals surface area contributed by atoms with Gasteiger partial charge in [0.2, 0.25) is 5.91 Å². The molecule has 2 atom stereocenters. The molecule has 17 heavy (non-hydrogen) atoms. The zero-order chi connectivity index (χ0) is 12.0. The molecule has 3 nitrogen and oxygen atoms in total. The van der Waals surface area contributed by atoms with Gasteiger partial charge in [-0.25, -0.2) is 0 Å². The molecule has 1 amide bonds. The molecule has 1 aliphatic rings. The molecule has 2 N–H and O–H groups in total. The van der Waals surface area contributed by atoms with E-state index in [1.54, 1.807) is 0 Å². The van der Waals surface area contributed by atoms with Crippen LogP contribution in [0.1, 0.15) is 52.4 Å². The maximum atomic E-state index is 12.3. The van der Waals surface area contributed by atoms with E-state index in [1.165, 1.54) is 6.42 Å². The molecule has 0 aromatic heterocycles. The molecule has 0 aromatic rings. The summed E-state index contributed by atoms with van der Waals surface area (Å²) in [6, 6.07) is 0.408. The van der Waals surface area contributed by atoms with E-state index in [4.69, 9.17) is 5.73 Å². The number of halogens is 1. The molecule has 0 aliphatic carbocycles. The Hall–Kier alpha value is -0.280. The van der Waals surface area contributed by atoms with E-state index >= 15 is 0 Å². The summed E-state index contributed by atoms with van der Waals surface area (Å²) in [6.45, 7) is 5.82. The number of amides is 1. The molecule has 0 saturated carbocycles. The van der Waals surface area contributed by atoms with Gasteiger partial charge in [-0.15, -0.1) is 12.4 Å². The molecule has 1 aliphatic heterocycles. The van der Waals surface area contributed by atoms with E-state index in [0.717, 1.165) is 38.6 Å². The Morgan fingerprint density at radius 3 is 2.76 bits per heavy atom. The summed E-state index contributed by atoms with van der Waals surface area (Å²) in [5, 5.41) is 0. The first-order chi connectivity index (χ1) is 7.70. The van der Waals surface area contributed by atoms with Crippen molar-refractivity contribution in [3.63, 3.8) is 0 Å². The van der Waals surface area contributed by atoms with Crippen LogP contribution in [0.4, 0.5) is 0 Å². The first-order valence-electron chi connectivity index (χ1n) is 6.71. The van der Waals surface area contributed by atoms with Gasteiger partial charge in [-0.2, -0.15) is 0 Å². The summed E-state index contributed by atoms with van der Waals surface area (Å²) in [4.78, 5) is 14.4. The van der Waals surface area contributed by atoms with Crippen molar-refractivity contribution in [1.29, 1.82) is 0 Å². The minimum Gasteiger partial charge on any atom is -0.339 e. The average molecular weight is 263 g/mol. The van der Waals surface area contributed by atoms with Crippen LogP contribution in [0.15, 0.2) is 0 Å². The molecule has 1 heterocycles. The fraction of sp³-hybridized carbons (Fsp3) is 0.923. The number of piperidine rings is 1. The Labute approximate surface area is 112 Å². The summed E-state index contributed by atoms with van der Waals surface area (Å²) in [5.74, 6) is 0.531. The molecule has 0 spiro atoms. The lowest BCUT2D eigenvalue weighted by Crippen LogP contribution is -2.46. The van der Waals surface area contributed by atoms with Gasteiger partial charge in [-0.3, -0.25) is 4.79 Å². The molecule has 0 radical (unpaired) electrons. The van der Waals surface area contributed by atoms with Crippen LogP contribution in [-0.2, 0) is 4.79 Å². The van der Waals surface area contributed by atoms with Crippen molar-refractivity contribution in [3.8, 4) is 0 Å². The van der Waals surface area contributed by atoms with Crippen LogP contribution in [-0.4, -0.2) is 29.9 Å². The van der Waals surface area contributed by atoms with Gasteiger partial charge in [0, 0.05) is 18.5 Å². The largest absolute Gasteiger partial charge is 0.339 e. The Morgan fingerprint density at radius 2 is 2.18 bits per heavy atom. The third-order valence-corrected chi connectivity index (χ3v) is 3.55. The van der Waals surface area contributed by atoms with Crippen LogP contribution >= 0.6 is 12.4 Å². The first kappa shape index (κ1) is 16.7. The molecule has 0 bridgehead atoms. The van der Waals surface area contributed by atoms with E-state index in [9.17, 15) is 4.79 Å². The third-order valence-electron chi connectivity index (χ3n) is 3.55. The number of hydrogen-bond donors (Lipinski definition) is 1. The smallest absolute Gasteiger partial charge is 0.225 e. The minimum absolute atomic E-state index is 0. The van der Waals surface area contributed by atoms with Crippen molar-refractivity contribution in [2.24, 2.45) is 11.7 Å². The van der Waals surface area contributed by atoms with Gasteiger partial charge in [0.15, 0.2) is 0 Å². The van der Waals surface area contributed by atoms with E-state index in [0.29, 0.717) is 18.5 Å². The fourth-order valence-electron chi connectivity index (χ4n) is 2.62. The number of nitrogens with two attached hydrogens (primary N) is 1. The van der Waals surface area contributed by atoms with E-state index in [2.05, 4.69) is 18.7 Å². The Balaban J connectivity index is 0.00000256. The Bertz CT molecular complexity index is 221. The lowest BCUT2D eigenvalue weighted by atomic mass is 9.96. The molecule has 102 valence electrons. The molecule has 1 fully saturated rings. The highest BCUT2D eigenvalue weighted by Crippen LogP contribution is 2.22. The van der Waals surface area contributed by atoms with E-state index < -0.39 is 0 Å². The molecular formula is C13H27ClN2O. The second kappa shape index (κ2) is 8.76. The predicted molar refractivity (Wildman–Crippen MR) is 74.3 cm³/mol. The molecule has 1 rings (SSSR count). The van der Waals surface area contributed by atoms with Gasteiger partial charge in [-0.05, 0) is 38.6 Å². The van der Waals surface area contributed by atoms with Crippen molar-refractivity contribution >= 4 is 18.3 Å². The Kier molecular flexibility index (Phi) is 8.61. The maximum Gasteiger partial charge on any atom is 0.225 e. The summed E-state index contributed by atoms with van der Waals surface area (Å²) in [6.07, 6.45) is 6.60. The van der Waals surface area contributed by atoms with Crippen LogP contribution in [0, 0.1) is 5.92 Å². The number of likely N-dealkylation sites (tertiary alicyclic amines) is 1. The highest BCUT2D eigenvalue weighted by atomic mass is 35.5. The minimum atomic E-state index is 0. The van der Waals surface area contributed by atoms with Crippen LogP contribution < -0.4 is 5.73 Å². The molecule has 1 saturated heterocycles. The topological polar surface area (TPSA) is 46.3 Å². The van der Waals surface area contributed by atoms with Gasteiger partial charge in [-0.1, -0.05) is 20.3 Å². The standard InChI is InChI=1S/C13H26N2O.ClH/c1-3-6-11(2)13(16)15-10-5-4-7-12(15)8-9-14;/h11-12H,3-10,14H2,1-2H3;1H. The van der Waals surface area contributed by atoms with Crippen LogP contribution in [0.5, 0.6) is 0 Å². The quantitative estimate of drug-likeness (QED) is 0.828. The van der Waals surface area contributed by atoms with Gasteiger partial charge in [0.05, 0.1) is 0 Å². The zero-order valence-electron chi connectivity index (χ0n) is 11.2. The van der Waals surface area contributed by atoms with Gasteiger partial charge in [0.25, 0.3) is 0 Å². The van der Waals surface area contributed by atoms with Gasteiger partial charge in [0.1, 0.15) is 0 Å². The third kappa shape index (κ3) is 4.84. The fourth-order valence-corrected chi connectivity index (χ4v) is 2.62. The zero-order valence-corrected chi connectivity index (χ0v) is 12.0. The summed E-state index contributed by atoms with van der Waals surface area (Å²) < 4.78 is 0. The van der Waals surface area contributed by atoms with Crippen molar-refractivity contribution in [1.82, 2.24) is 4.90 Å². The number of nitrogens with zero attached hydrogens (tertiary/aromatic N) is 1. The predicted octanol–water partition coefficient (Wildman–Crippen LogP) is 2.57. The number of hydrogen-bond acceptors (Lipinski definition) is 2. The normalized spacial score (nSPS) is 21.8. The van der Waals surface area contributed by atoms with Crippen LogP contribution in [0.25, 0.3) is 0 Å².